The predicted molar refractivity (Wildman–Crippen MR) is 110 cm³/mol. The van der Waals surface area contributed by atoms with Crippen LogP contribution in [0.1, 0.15) is 26.4 Å². The molecule has 1 amide bonds. The maximum Gasteiger partial charge on any atom is 0.337 e. The zero-order chi connectivity index (χ0) is 20.5. The number of hydrogen-bond donors (Lipinski definition) is 2. The van der Waals surface area contributed by atoms with Gasteiger partial charge in [-0.15, -0.1) is 0 Å². The Bertz CT molecular complexity index is 1340. The number of carbonyl (C=O) groups excluding carboxylic acids is 2. The highest BCUT2D eigenvalue weighted by molar-refractivity contribution is 6.10. The molecule has 0 aliphatic carbocycles. The van der Waals surface area contributed by atoms with Crippen LogP contribution in [-0.2, 0) is 4.74 Å². The summed E-state index contributed by atoms with van der Waals surface area (Å²) in [5.41, 5.74) is 2.38. The summed E-state index contributed by atoms with van der Waals surface area (Å²) in [5, 5.41) is 3.79. The van der Waals surface area contributed by atoms with Gasteiger partial charge in [0.1, 0.15) is 5.56 Å². The number of para-hydroxylation sites is 1. The molecule has 0 aliphatic heterocycles. The Balaban J connectivity index is 1.79. The summed E-state index contributed by atoms with van der Waals surface area (Å²) in [4.78, 5) is 44.9. The molecule has 0 radical (unpaired) electrons. The average molecular weight is 387 g/mol. The van der Waals surface area contributed by atoms with Crippen molar-refractivity contribution in [2.24, 2.45) is 0 Å². The summed E-state index contributed by atoms with van der Waals surface area (Å²) in [7, 11) is 1.30. The van der Waals surface area contributed by atoms with Crippen LogP contribution in [0.2, 0.25) is 0 Å². The topological polar surface area (TPSA) is 101 Å². The second-order valence-electron chi connectivity index (χ2n) is 6.57. The number of esters is 1. The van der Waals surface area contributed by atoms with E-state index < -0.39 is 11.9 Å². The van der Waals surface area contributed by atoms with Gasteiger partial charge in [-0.05, 0) is 43.3 Å². The Morgan fingerprint density at radius 1 is 1.07 bits per heavy atom. The first-order valence-electron chi connectivity index (χ1n) is 8.89. The molecule has 0 saturated heterocycles. The van der Waals surface area contributed by atoms with Crippen LogP contribution in [0.4, 0.5) is 5.69 Å². The number of benzene rings is 2. The highest BCUT2D eigenvalue weighted by Gasteiger charge is 2.16. The summed E-state index contributed by atoms with van der Waals surface area (Å²) >= 11 is 0. The number of aryl methyl sites for hydroxylation is 1. The number of methoxy groups -OCH3 is 1. The van der Waals surface area contributed by atoms with Crippen molar-refractivity contribution in [3.63, 3.8) is 0 Å². The van der Waals surface area contributed by atoms with Crippen LogP contribution in [0, 0.1) is 6.92 Å². The smallest absolute Gasteiger partial charge is 0.337 e. The molecule has 4 rings (SSSR count). The van der Waals surface area contributed by atoms with Crippen molar-refractivity contribution in [3.8, 4) is 0 Å². The molecule has 0 fully saturated rings. The SMILES string of the molecule is COC(=O)c1ccc2nc(C)cc(NC(=O)c3c[nH]c4ccccc4c3=O)c2c1. The molecule has 2 aromatic heterocycles. The van der Waals surface area contributed by atoms with Crippen molar-refractivity contribution < 1.29 is 14.3 Å². The number of ether oxygens (including phenoxy) is 1. The summed E-state index contributed by atoms with van der Waals surface area (Å²) < 4.78 is 4.76. The average Bonchev–Trinajstić information content (AvgIpc) is 2.73. The van der Waals surface area contributed by atoms with E-state index >= 15 is 0 Å². The van der Waals surface area contributed by atoms with E-state index in [1.165, 1.54) is 13.3 Å². The number of rotatable bonds is 3. The van der Waals surface area contributed by atoms with Gasteiger partial charge in [0.2, 0.25) is 5.43 Å². The van der Waals surface area contributed by atoms with Gasteiger partial charge in [-0.25, -0.2) is 4.79 Å². The number of carbonyl (C=O) groups is 2. The molecule has 0 spiro atoms. The first-order valence-corrected chi connectivity index (χ1v) is 8.89. The third-order valence-electron chi connectivity index (χ3n) is 4.64. The number of fused-ring (bicyclic) bond motifs is 2. The van der Waals surface area contributed by atoms with Gasteiger partial charge >= 0.3 is 5.97 Å². The molecule has 144 valence electrons. The molecule has 7 heteroatoms. The largest absolute Gasteiger partial charge is 0.465 e. The highest BCUT2D eigenvalue weighted by atomic mass is 16.5. The molecule has 2 aromatic carbocycles. The fourth-order valence-electron chi connectivity index (χ4n) is 3.23. The van der Waals surface area contributed by atoms with Crippen LogP contribution >= 0.6 is 0 Å². The predicted octanol–water partition coefficient (Wildman–Crippen LogP) is 3.42. The Morgan fingerprint density at radius 2 is 1.86 bits per heavy atom. The number of aromatic amines is 1. The number of nitrogens with zero attached hydrogens (tertiary/aromatic N) is 1. The van der Waals surface area contributed by atoms with Crippen molar-refractivity contribution in [2.45, 2.75) is 6.92 Å². The van der Waals surface area contributed by atoms with Gasteiger partial charge in [-0.3, -0.25) is 14.6 Å². The van der Waals surface area contributed by atoms with E-state index in [1.54, 1.807) is 49.4 Å². The molecule has 2 heterocycles. The van der Waals surface area contributed by atoms with Gasteiger partial charge in [0.15, 0.2) is 0 Å². The maximum absolute atomic E-state index is 12.9. The highest BCUT2D eigenvalue weighted by Crippen LogP contribution is 2.25. The van der Waals surface area contributed by atoms with E-state index in [9.17, 15) is 14.4 Å². The van der Waals surface area contributed by atoms with Gasteiger partial charge in [0, 0.05) is 28.2 Å². The molecule has 0 saturated carbocycles. The number of anilines is 1. The minimum Gasteiger partial charge on any atom is -0.465 e. The second kappa shape index (κ2) is 7.20. The zero-order valence-electron chi connectivity index (χ0n) is 15.8. The van der Waals surface area contributed by atoms with Crippen molar-refractivity contribution in [1.82, 2.24) is 9.97 Å². The van der Waals surface area contributed by atoms with E-state index in [-0.39, 0.29) is 11.0 Å². The van der Waals surface area contributed by atoms with E-state index in [0.717, 1.165) is 0 Å². The van der Waals surface area contributed by atoms with Crippen LogP contribution in [0.15, 0.2) is 59.5 Å². The van der Waals surface area contributed by atoms with Crippen LogP contribution in [0.25, 0.3) is 21.8 Å². The standard InChI is InChI=1S/C22H17N3O4/c1-12-9-19(15-10-13(22(28)29-2)7-8-18(15)24-12)25-21(27)16-11-23-17-6-4-3-5-14(17)20(16)26/h3-11H,1-2H3,(H,23,26)(H,24,25,27). The lowest BCUT2D eigenvalue weighted by molar-refractivity contribution is 0.0601. The quantitative estimate of drug-likeness (QED) is 0.525. The van der Waals surface area contributed by atoms with E-state index in [4.69, 9.17) is 4.74 Å². The third-order valence-corrected chi connectivity index (χ3v) is 4.64. The minimum atomic E-state index is -0.549. The fraction of sp³-hybridized carbons (Fsp3) is 0.0909. The number of pyridine rings is 2. The van der Waals surface area contributed by atoms with E-state index in [2.05, 4.69) is 15.3 Å². The summed E-state index contributed by atoms with van der Waals surface area (Å²) in [6, 6.07) is 13.6. The molecule has 0 unspecified atom stereocenters. The minimum absolute atomic E-state index is 0.00422. The molecule has 0 bridgehead atoms. The monoisotopic (exact) mass is 387 g/mol. The molecule has 4 aromatic rings. The fourth-order valence-corrected chi connectivity index (χ4v) is 3.23. The van der Waals surface area contributed by atoms with Crippen LogP contribution in [0.3, 0.4) is 0 Å². The van der Waals surface area contributed by atoms with Crippen LogP contribution in [0.5, 0.6) is 0 Å². The van der Waals surface area contributed by atoms with Gasteiger partial charge < -0.3 is 15.0 Å². The third kappa shape index (κ3) is 3.34. The van der Waals surface area contributed by atoms with Gasteiger partial charge in [0.25, 0.3) is 5.91 Å². The van der Waals surface area contributed by atoms with E-state index in [1.807, 2.05) is 6.07 Å². The number of H-pyrrole nitrogens is 1. The molecule has 29 heavy (non-hydrogen) atoms. The lowest BCUT2D eigenvalue weighted by Gasteiger charge is -2.11. The molecule has 0 atom stereocenters. The first kappa shape index (κ1) is 18.4. The molecular weight excluding hydrogens is 370 g/mol. The Labute approximate surface area is 165 Å². The molecule has 0 aliphatic rings. The van der Waals surface area contributed by atoms with Crippen LogP contribution in [-0.4, -0.2) is 29.0 Å². The lowest BCUT2D eigenvalue weighted by atomic mass is 10.1. The second-order valence-corrected chi connectivity index (χ2v) is 6.57. The van der Waals surface area contributed by atoms with Crippen molar-refractivity contribution in [1.29, 1.82) is 0 Å². The normalized spacial score (nSPS) is 10.8. The van der Waals surface area contributed by atoms with Gasteiger partial charge in [-0.2, -0.15) is 0 Å². The van der Waals surface area contributed by atoms with Gasteiger partial charge in [0.05, 0.1) is 23.9 Å². The van der Waals surface area contributed by atoms with Crippen LogP contribution < -0.4 is 10.7 Å². The maximum atomic E-state index is 12.9. The summed E-state index contributed by atoms with van der Waals surface area (Å²) in [6.07, 6.45) is 1.40. The Kier molecular flexibility index (Phi) is 4.56. The number of nitrogens with one attached hydrogen (secondary N) is 2. The Morgan fingerprint density at radius 3 is 2.66 bits per heavy atom. The number of aromatic nitrogens is 2. The Hall–Kier alpha value is -4.00. The van der Waals surface area contributed by atoms with Gasteiger partial charge in [-0.1, -0.05) is 12.1 Å². The molecular formula is C22H17N3O4. The molecule has 7 nitrogen and oxygen atoms in total. The van der Waals surface area contributed by atoms with Crippen molar-refractivity contribution in [2.75, 3.05) is 12.4 Å². The lowest BCUT2D eigenvalue weighted by Crippen LogP contribution is -2.22. The summed E-state index contributed by atoms with van der Waals surface area (Å²) in [6.45, 7) is 1.80. The van der Waals surface area contributed by atoms with Crippen molar-refractivity contribution in [3.05, 3.63) is 81.8 Å². The number of hydrogen-bond acceptors (Lipinski definition) is 5. The molecule has 2 N–H and O–H groups in total. The summed E-state index contributed by atoms with van der Waals surface area (Å²) in [5.74, 6) is -1.04. The zero-order valence-corrected chi connectivity index (χ0v) is 15.8. The van der Waals surface area contributed by atoms with E-state index in [0.29, 0.717) is 38.8 Å². The number of amides is 1. The first-order chi connectivity index (χ1) is 14.0. The van der Waals surface area contributed by atoms with Crippen molar-refractivity contribution >= 4 is 39.4 Å².